The predicted octanol–water partition coefficient (Wildman–Crippen LogP) is 2.38. The van der Waals surface area contributed by atoms with Crippen LogP contribution in [0.3, 0.4) is 0 Å². The van der Waals surface area contributed by atoms with Crippen molar-refractivity contribution in [2.24, 2.45) is 11.8 Å². The van der Waals surface area contributed by atoms with Gasteiger partial charge >= 0.3 is 5.97 Å². The molecule has 1 aromatic rings. The van der Waals surface area contributed by atoms with Crippen LogP contribution < -0.4 is 0 Å². The van der Waals surface area contributed by atoms with Crippen molar-refractivity contribution in [2.45, 2.75) is 25.4 Å². The molecule has 22 heavy (non-hydrogen) atoms. The third-order valence-corrected chi connectivity index (χ3v) is 4.97. The maximum absolute atomic E-state index is 12.3. The quantitative estimate of drug-likeness (QED) is 0.881. The summed E-state index contributed by atoms with van der Waals surface area (Å²) in [5, 5.41) is 9.25. The Morgan fingerprint density at radius 1 is 1.27 bits per heavy atom. The van der Waals surface area contributed by atoms with Crippen LogP contribution in [0.25, 0.3) is 0 Å². The summed E-state index contributed by atoms with van der Waals surface area (Å²) >= 11 is 3.19. The minimum atomic E-state index is -0.774. The maximum Gasteiger partial charge on any atom is 0.309 e. The van der Waals surface area contributed by atoms with E-state index in [1.54, 1.807) is 11.0 Å². The maximum atomic E-state index is 12.3. The third-order valence-electron chi connectivity index (χ3n) is 4.56. The number of ether oxygens (including phenoxy) is 1. The van der Waals surface area contributed by atoms with Crippen LogP contribution >= 0.6 is 15.9 Å². The van der Waals surface area contributed by atoms with Gasteiger partial charge in [0.2, 0.25) is 0 Å². The molecule has 0 spiro atoms. The van der Waals surface area contributed by atoms with Gasteiger partial charge in [0, 0.05) is 25.8 Å². The number of amides is 1. The van der Waals surface area contributed by atoms with E-state index in [1.807, 2.05) is 0 Å². The lowest BCUT2D eigenvalue weighted by atomic mass is 9.84. The van der Waals surface area contributed by atoms with E-state index < -0.39 is 11.9 Å². The largest absolute Gasteiger partial charge is 0.481 e. The molecule has 2 atom stereocenters. The van der Waals surface area contributed by atoms with Crippen molar-refractivity contribution in [1.29, 1.82) is 0 Å². The Morgan fingerprint density at radius 3 is 2.59 bits per heavy atom. The number of likely N-dealkylation sites (tertiary alicyclic amines) is 1. The number of aliphatic carboxylic acids is 1. The van der Waals surface area contributed by atoms with Gasteiger partial charge in [-0.1, -0.05) is 0 Å². The summed E-state index contributed by atoms with van der Waals surface area (Å²) in [4.78, 5) is 25.4. The Bertz CT molecular complexity index is 564. The summed E-state index contributed by atoms with van der Waals surface area (Å²) in [6, 6.07) is 1.66. The Morgan fingerprint density at radius 2 is 2.00 bits per heavy atom. The zero-order valence-corrected chi connectivity index (χ0v) is 13.6. The van der Waals surface area contributed by atoms with Crippen LogP contribution in [0.2, 0.25) is 0 Å². The van der Waals surface area contributed by atoms with Gasteiger partial charge in [-0.3, -0.25) is 9.59 Å². The first-order valence-corrected chi connectivity index (χ1v) is 8.23. The minimum Gasteiger partial charge on any atom is -0.481 e. The highest BCUT2D eigenvalue weighted by Crippen LogP contribution is 2.33. The van der Waals surface area contributed by atoms with Crippen LogP contribution in [0.5, 0.6) is 0 Å². The standard InChI is InChI=1S/C15H18BrNO5/c16-12-7-10(8-22-12)14(18)17-4-1-9(2-5-17)13-11(15(19)20)3-6-21-13/h7-9,11,13H,1-6H2,(H,19,20)/t11?,13-/m0/s1. The van der Waals surface area contributed by atoms with Crippen LogP contribution in [0.15, 0.2) is 21.4 Å². The van der Waals surface area contributed by atoms with Crippen LogP contribution in [-0.2, 0) is 9.53 Å². The van der Waals surface area contributed by atoms with E-state index in [4.69, 9.17) is 9.15 Å². The highest BCUT2D eigenvalue weighted by atomic mass is 79.9. The molecule has 1 unspecified atom stereocenters. The number of halogens is 1. The molecule has 0 aliphatic carbocycles. The van der Waals surface area contributed by atoms with Crippen LogP contribution in [-0.4, -0.2) is 47.7 Å². The summed E-state index contributed by atoms with van der Waals surface area (Å²) in [7, 11) is 0. The molecule has 6 nitrogen and oxygen atoms in total. The highest BCUT2D eigenvalue weighted by Gasteiger charge is 2.40. The van der Waals surface area contributed by atoms with E-state index in [0.717, 1.165) is 12.8 Å². The lowest BCUT2D eigenvalue weighted by molar-refractivity contribution is -0.145. The van der Waals surface area contributed by atoms with Gasteiger partial charge in [-0.25, -0.2) is 0 Å². The molecule has 2 aliphatic heterocycles. The second-order valence-corrected chi connectivity index (χ2v) is 6.62. The topological polar surface area (TPSA) is 80.0 Å². The first kappa shape index (κ1) is 15.6. The molecule has 1 N–H and O–H groups in total. The molecule has 1 aromatic heterocycles. The van der Waals surface area contributed by atoms with Gasteiger partial charge in [0.1, 0.15) is 6.26 Å². The van der Waals surface area contributed by atoms with Gasteiger partial charge in [0.15, 0.2) is 4.67 Å². The molecule has 2 aliphatic rings. The van der Waals surface area contributed by atoms with Crippen molar-refractivity contribution in [1.82, 2.24) is 4.90 Å². The smallest absolute Gasteiger partial charge is 0.309 e. The number of carbonyl (C=O) groups is 2. The number of carbonyl (C=O) groups excluding carboxylic acids is 1. The number of furan rings is 1. The molecular formula is C15H18BrNO5. The van der Waals surface area contributed by atoms with Crippen molar-refractivity contribution in [3.8, 4) is 0 Å². The number of nitrogens with zero attached hydrogens (tertiary/aromatic N) is 1. The number of piperidine rings is 1. The lowest BCUT2D eigenvalue weighted by Gasteiger charge is -2.35. The van der Waals surface area contributed by atoms with Crippen molar-refractivity contribution in [3.63, 3.8) is 0 Å². The van der Waals surface area contributed by atoms with Crippen molar-refractivity contribution < 1.29 is 23.8 Å². The first-order chi connectivity index (χ1) is 10.6. The molecule has 0 aromatic carbocycles. The normalized spacial score (nSPS) is 26.3. The monoisotopic (exact) mass is 371 g/mol. The summed E-state index contributed by atoms with van der Waals surface area (Å²) < 4.78 is 11.3. The molecule has 2 fully saturated rings. The van der Waals surface area contributed by atoms with Gasteiger partial charge in [0.05, 0.1) is 17.6 Å². The van der Waals surface area contributed by atoms with E-state index in [2.05, 4.69) is 15.9 Å². The minimum absolute atomic E-state index is 0.0463. The summed E-state index contributed by atoms with van der Waals surface area (Å²) in [6.45, 7) is 1.76. The van der Waals surface area contributed by atoms with Crippen LogP contribution in [0.1, 0.15) is 29.6 Å². The molecule has 2 saturated heterocycles. The fraction of sp³-hybridized carbons (Fsp3) is 0.600. The number of carboxylic acid groups (broad SMARTS) is 1. The number of hydrogen-bond donors (Lipinski definition) is 1. The second kappa shape index (κ2) is 6.42. The molecule has 0 bridgehead atoms. The first-order valence-electron chi connectivity index (χ1n) is 7.44. The third kappa shape index (κ3) is 3.05. The Labute approximate surface area is 136 Å². The van der Waals surface area contributed by atoms with Crippen LogP contribution in [0.4, 0.5) is 0 Å². The number of hydrogen-bond acceptors (Lipinski definition) is 4. The Balaban J connectivity index is 1.58. The summed E-state index contributed by atoms with van der Waals surface area (Å²) in [6.07, 6.45) is 3.37. The van der Waals surface area contributed by atoms with Gasteiger partial charge in [-0.15, -0.1) is 0 Å². The summed E-state index contributed by atoms with van der Waals surface area (Å²) in [5.41, 5.74) is 0.533. The van der Waals surface area contributed by atoms with Gasteiger partial charge in [-0.2, -0.15) is 0 Å². The van der Waals surface area contributed by atoms with Gasteiger partial charge in [0.25, 0.3) is 5.91 Å². The molecule has 3 rings (SSSR count). The zero-order chi connectivity index (χ0) is 15.7. The van der Waals surface area contributed by atoms with E-state index in [9.17, 15) is 14.7 Å². The van der Waals surface area contributed by atoms with Gasteiger partial charge < -0.3 is 19.2 Å². The molecule has 3 heterocycles. The Hall–Kier alpha value is -1.34. The molecule has 120 valence electrons. The van der Waals surface area contributed by atoms with E-state index >= 15 is 0 Å². The molecule has 0 radical (unpaired) electrons. The second-order valence-electron chi connectivity index (χ2n) is 5.84. The lowest BCUT2D eigenvalue weighted by Crippen LogP contribution is -2.43. The van der Waals surface area contributed by atoms with Crippen molar-refractivity contribution in [2.75, 3.05) is 19.7 Å². The van der Waals surface area contributed by atoms with E-state index in [1.165, 1.54) is 6.26 Å². The van der Waals surface area contributed by atoms with Gasteiger partial charge in [-0.05, 0) is 41.1 Å². The average Bonchev–Trinajstić information content (AvgIpc) is 3.15. The van der Waals surface area contributed by atoms with Crippen molar-refractivity contribution >= 4 is 27.8 Å². The number of carboxylic acids is 1. The SMILES string of the molecule is O=C(O)C1CCO[C@H]1C1CCN(C(=O)c2coc(Br)c2)CC1. The van der Waals surface area contributed by atoms with Crippen LogP contribution in [0, 0.1) is 11.8 Å². The fourth-order valence-electron chi connectivity index (χ4n) is 3.38. The summed E-state index contributed by atoms with van der Waals surface area (Å²) in [5.74, 6) is -1.01. The fourth-order valence-corrected chi connectivity index (χ4v) is 3.72. The highest BCUT2D eigenvalue weighted by molar-refractivity contribution is 9.10. The zero-order valence-electron chi connectivity index (χ0n) is 12.0. The molecule has 0 saturated carbocycles. The van der Waals surface area contributed by atoms with E-state index in [0.29, 0.717) is 36.4 Å². The predicted molar refractivity (Wildman–Crippen MR) is 80.5 cm³/mol. The van der Waals surface area contributed by atoms with E-state index in [-0.39, 0.29) is 17.9 Å². The number of rotatable bonds is 3. The molecular weight excluding hydrogens is 354 g/mol. The molecule has 7 heteroatoms. The average molecular weight is 372 g/mol. The Kier molecular flexibility index (Phi) is 4.54. The molecule has 1 amide bonds. The van der Waals surface area contributed by atoms with Crippen molar-refractivity contribution in [3.05, 3.63) is 22.6 Å².